The third-order valence-corrected chi connectivity index (χ3v) is 3.57. The van der Waals surface area contributed by atoms with Gasteiger partial charge in [0.25, 0.3) is 0 Å². The van der Waals surface area contributed by atoms with E-state index in [2.05, 4.69) is 20.8 Å². The Hall–Kier alpha value is -2.91. The molecule has 1 aliphatic heterocycles. The lowest BCUT2D eigenvalue weighted by atomic mass is 10.1. The van der Waals surface area contributed by atoms with Crippen LogP contribution in [0.5, 0.6) is 5.75 Å². The van der Waals surface area contributed by atoms with E-state index in [1.54, 1.807) is 12.1 Å². The molecular formula is C15H20N8O. The standard InChI is InChI=1S/C15H20N8O/c1-8(2)24-13-4-11(17)9(5-16)3-12(13)23(18)15-10-6-21-22-14(10)19-7-20-15/h3-5,7-8,16,21H,6,17-18H2,1-2H3,(H,19,20,22). The molecule has 2 aromatic rings. The Kier molecular flexibility index (Phi) is 4.19. The molecular weight excluding hydrogens is 308 g/mol. The maximum atomic E-state index is 7.51. The lowest BCUT2D eigenvalue weighted by Crippen LogP contribution is -2.28. The van der Waals surface area contributed by atoms with Crippen molar-refractivity contribution in [2.75, 3.05) is 16.2 Å². The summed E-state index contributed by atoms with van der Waals surface area (Å²) in [6.45, 7) is 4.38. The highest BCUT2D eigenvalue weighted by Gasteiger charge is 2.23. The van der Waals surface area contributed by atoms with Crippen molar-refractivity contribution in [2.24, 2.45) is 5.84 Å². The van der Waals surface area contributed by atoms with Crippen LogP contribution in [-0.2, 0) is 6.54 Å². The fourth-order valence-electron chi connectivity index (χ4n) is 2.47. The third-order valence-electron chi connectivity index (χ3n) is 3.57. The van der Waals surface area contributed by atoms with Gasteiger partial charge in [0.2, 0.25) is 0 Å². The Morgan fingerprint density at radius 2 is 2.17 bits per heavy atom. The van der Waals surface area contributed by atoms with Crippen LogP contribution in [0.15, 0.2) is 18.5 Å². The fourth-order valence-corrected chi connectivity index (χ4v) is 2.47. The van der Waals surface area contributed by atoms with E-state index >= 15 is 0 Å². The van der Waals surface area contributed by atoms with Crippen LogP contribution in [0.2, 0.25) is 0 Å². The molecule has 9 heteroatoms. The van der Waals surface area contributed by atoms with Crippen molar-refractivity contribution in [1.82, 2.24) is 15.4 Å². The van der Waals surface area contributed by atoms with Crippen molar-refractivity contribution in [3.63, 3.8) is 0 Å². The number of aromatic nitrogens is 2. The SMILES string of the molecule is CC(C)Oc1cc(N)c(C=N)cc1N(N)c1ncnc2c1CNN2. The molecule has 0 saturated carbocycles. The van der Waals surface area contributed by atoms with Gasteiger partial charge in [-0.2, -0.15) is 0 Å². The van der Waals surface area contributed by atoms with Gasteiger partial charge in [-0.3, -0.25) is 5.01 Å². The molecule has 0 saturated heterocycles. The number of rotatable bonds is 5. The number of nitrogen functional groups attached to an aromatic ring is 1. The minimum absolute atomic E-state index is 0.0539. The number of nitrogens with two attached hydrogens (primary N) is 2. The van der Waals surface area contributed by atoms with E-state index in [0.717, 1.165) is 5.56 Å². The molecule has 7 N–H and O–H groups in total. The van der Waals surface area contributed by atoms with Crippen LogP contribution >= 0.6 is 0 Å². The van der Waals surface area contributed by atoms with Gasteiger partial charge in [-0.25, -0.2) is 21.2 Å². The lowest BCUT2D eigenvalue weighted by Gasteiger charge is -2.24. The number of ether oxygens (including phenoxy) is 1. The summed E-state index contributed by atoms with van der Waals surface area (Å²) in [6, 6.07) is 3.39. The van der Waals surface area contributed by atoms with Crippen LogP contribution in [-0.4, -0.2) is 22.3 Å². The van der Waals surface area contributed by atoms with Crippen molar-refractivity contribution in [2.45, 2.75) is 26.5 Å². The van der Waals surface area contributed by atoms with Crippen LogP contribution in [0.25, 0.3) is 0 Å². The first-order chi connectivity index (χ1) is 11.5. The summed E-state index contributed by atoms with van der Waals surface area (Å²) in [5, 5.41) is 8.94. The molecule has 24 heavy (non-hydrogen) atoms. The highest BCUT2D eigenvalue weighted by atomic mass is 16.5. The Morgan fingerprint density at radius 1 is 1.38 bits per heavy atom. The minimum atomic E-state index is -0.0539. The quantitative estimate of drug-likeness (QED) is 0.239. The predicted molar refractivity (Wildman–Crippen MR) is 93.3 cm³/mol. The molecule has 9 nitrogen and oxygen atoms in total. The number of hydrogen-bond acceptors (Lipinski definition) is 9. The summed E-state index contributed by atoms with van der Waals surface area (Å²) < 4.78 is 5.84. The van der Waals surface area contributed by atoms with Gasteiger partial charge in [-0.15, -0.1) is 0 Å². The van der Waals surface area contributed by atoms with E-state index in [0.29, 0.717) is 40.9 Å². The van der Waals surface area contributed by atoms with Crippen molar-refractivity contribution < 1.29 is 4.74 Å². The molecule has 0 aliphatic carbocycles. The zero-order valence-corrected chi connectivity index (χ0v) is 13.5. The maximum Gasteiger partial charge on any atom is 0.157 e. The van der Waals surface area contributed by atoms with Crippen LogP contribution in [0, 0.1) is 5.41 Å². The van der Waals surface area contributed by atoms with Gasteiger partial charge in [0.15, 0.2) is 5.82 Å². The second-order valence-corrected chi connectivity index (χ2v) is 5.63. The third kappa shape index (κ3) is 2.82. The highest BCUT2D eigenvalue weighted by Crippen LogP contribution is 2.37. The lowest BCUT2D eigenvalue weighted by molar-refractivity contribution is 0.243. The molecule has 3 rings (SSSR count). The van der Waals surface area contributed by atoms with Crippen LogP contribution < -0.4 is 32.2 Å². The van der Waals surface area contributed by atoms with Crippen molar-refractivity contribution in [3.05, 3.63) is 29.6 Å². The molecule has 0 unspecified atom stereocenters. The van der Waals surface area contributed by atoms with E-state index in [4.69, 9.17) is 21.7 Å². The van der Waals surface area contributed by atoms with E-state index in [1.165, 1.54) is 17.6 Å². The Labute approximate surface area is 139 Å². The van der Waals surface area contributed by atoms with Crippen molar-refractivity contribution in [3.8, 4) is 5.75 Å². The summed E-state index contributed by atoms with van der Waals surface area (Å²) in [5.41, 5.74) is 14.3. The molecule has 0 radical (unpaired) electrons. The average Bonchev–Trinajstić information content (AvgIpc) is 3.02. The second kappa shape index (κ2) is 6.30. The monoisotopic (exact) mass is 328 g/mol. The zero-order valence-electron chi connectivity index (χ0n) is 13.5. The van der Waals surface area contributed by atoms with Gasteiger partial charge in [0, 0.05) is 30.1 Å². The van der Waals surface area contributed by atoms with Gasteiger partial charge in [-0.05, 0) is 19.9 Å². The van der Waals surface area contributed by atoms with Gasteiger partial charge >= 0.3 is 0 Å². The Bertz CT molecular complexity index is 776. The van der Waals surface area contributed by atoms with Gasteiger partial charge in [0.05, 0.1) is 11.7 Å². The Balaban J connectivity index is 2.10. The number of hydrogen-bond donors (Lipinski definition) is 5. The topological polar surface area (TPSA) is 138 Å². The normalized spacial score (nSPS) is 12.7. The van der Waals surface area contributed by atoms with Crippen LogP contribution in [0.1, 0.15) is 25.0 Å². The highest BCUT2D eigenvalue weighted by molar-refractivity contribution is 5.89. The van der Waals surface area contributed by atoms with E-state index in [1.807, 2.05) is 13.8 Å². The molecule has 0 fully saturated rings. The van der Waals surface area contributed by atoms with Crippen LogP contribution in [0.3, 0.4) is 0 Å². The number of fused-ring (bicyclic) bond motifs is 1. The molecule has 126 valence electrons. The van der Waals surface area contributed by atoms with Crippen molar-refractivity contribution in [1.29, 1.82) is 5.41 Å². The summed E-state index contributed by atoms with van der Waals surface area (Å²) in [4.78, 5) is 8.45. The maximum absolute atomic E-state index is 7.51. The first-order valence-electron chi connectivity index (χ1n) is 7.49. The van der Waals surface area contributed by atoms with Crippen LogP contribution in [0.4, 0.5) is 23.0 Å². The van der Waals surface area contributed by atoms with E-state index in [9.17, 15) is 0 Å². The molecule has 0 amide bonds. The number of nitrogens with zero attached hydrogens (tertiary/aromatic N) is 3. The first kappa shape index (κ1) is 16.0. The number of hydrazine groups is 2. The summed E-state index contributed by atoms with van der Waals surface area (Å²) >= 11 is 0. The minimum Gasteiger partial charge on any atom is -0.489 e. The van der Waals surface area contributed by atoms with Gasteiger partial charge in [0.1, 0.15) is 23.6 Å². The second-order valence-electron chi connectivity index (χ2n) is 5.63. The summed E-state index contributed by atoms with van der Waals surface area (Å²) in [6.07, 6.45) is 2.56. The van der Waals surface area contributed by atoms with E-state index in [-0.39, 0.29) is 6.10 Å². The molecule has 1 aromatic carbocycles. The average molecular weight is 328 g/mol. The van der Waals surface area contributed by atoms with Gasteiger partial charge in [-0.1, -0.05) is 0 Å². The largest absolute Gasteiger partial charge is 0.489 e. The molecule has 2 heterocycles. The molecule has 0 bridgehead atoms. The molecule has 0 spiro atoms. The summed E-state index contributed by atoms with van der Waals surface area (Å²) in [5.74, 6) is 8.09. The van der Waals surface area contributed by atoms with Crippen molar-refractivity contribution >= 4 is 29.2 Å². The number of benzene rings is 1. The predicted octanol–water partition coefficient (Wildman–Crippen LogP) is 1.29. The summed E-state index contributed by atoms with van der Waals surface area (Å²) in [7, 11) is 0. The molecule has 1 aliphatic rings. The molecule has 1 aromatic heterocycles. The smallest absolute Gasteiger partial charge is 0.157 e. The van der Waals surface area contributed by atoms with Gasteiger partial charge < -0.3 is 21.3 Å². The molecule has 0 atom stereocenters. The fraction of sp³-hybridized carbons (Fsp3) is 0.267. The number of anilines is 4. The Morgan fingerprint density at radius 3 is 2.88 bits per heavy atom. The first-order valence-corrected chi connectivity index (χ1v) is 7.49. The van der Waals surface area contributed by atoms with E-state index < -0.39 is 0 Å². The zero-order chi connectivity index (χ0) is 17.3. The number of nitrogens with one attached hydrogen (secondary N) is 3.